The minimum absolute atomic E-state index is 0.0976. The average molecular weight is 452 g/mol. The second kappa shape index (κ2) is 8.95. The predicted octanol–water partition coefficient (Wildman–Crippen LogP) is 2.64. The highest BCUT2D eigenvalue weighted by Gasteiger charge is 2.31. The fourth-order valence-corrected chi connectivity index (χ4v) is 5.75. The quantitative estimate of drug-likeness (QED) is 0.691. The largest absolute Gasteiger partial charge is 0.495 e. The molecule has 0 radical (unpaired) electrons. The molecule has 2 aromatic rings. The van der Waals surface area contributed by atoms with Gasteiger partial charge in [-0.15, -0.1) is 0 Å². The number of ether oxygens (including phenoxy) is 1. The van der Waals surface area contributed by atoms with Crippen molar-refractivity contribution in [3.05, 3.63) is 35.5 Å². The summed E-state index contributed by atoms with van der Waals surface area (Å²) in [5.41, 5.74) is 0. The van der Waals surface area contributed by atoms with Gasteiger partial charge >= 0.3 is 0 Å². The van der Waals surface area contributed by atoms with Gasteiger partial charge in [0.05, 0.1) is 7.11 Å². The van der Waals surface area contributed by atoms with Gasteiger partial charge in [0.15, 0.2) is 0 Å². The number of sulfonamides is 1. The molecule has 1 aromatic carbocycles. The highest BCUT2D eigenvalue weighted by atomic mass is 35.5. The van der Waals surface area contributed by atoms with E-state index in [2.05, 4.69) is 14.8 Å². The maximum atomic E-state index is 13.2. The Labute approximate surface area is 182 Å². The van der Waals surface area contributed by atoms with Crippen LogP contribution in [0.15, 0.2) is 35.4 Å². The maximum Gasteiger partial charge on any atom is 0.246 e. The van der Waals surface area contributed by atoms with Crippen molar-refractivity contribution in [2.75, 3.05) is 56.2 Å². The first kappa shape index (κ1) is 21.1. The molecule has 8 nitrogen and oxygen atoms in total. The number of hydrogen-bond donors (Lipinski definition) is 0. The van der Waals surface area contributed by atoms with E-state index in [-0.39, 0.29) is 4.90 Å². The van der Waals surface area contributed by atoms with Crippen molar-refractivity contribution in [1.82, 2.24) is 14.3 Å². The molecule has 2 saturated heterocycles. The Bertz CT molecular complexity index is 990. The normalized spacial score (nSPS) is 18.5. The third-order valence-electron chi connectivity index (χ3n) is 5.57. The summed E-state index contributed by atoms with van der Waals surface area (Å²) in [6.07, 6.45) is 5.37. The Morgan fingerprint density at radius 2 is 1.70 bits per heavy atom. The molecule has 4 rings (SSSR count). The fourth-order valence-electron chi connectivity index (χ4n) is 3.91. The number of piperazine rings is 1. The second-order valence-electron chi connectivity index (χ2n) is 7.45. The van der Waals surface area contributed by atoms with E-state index in [0.717, 1.165) is 37.7 Å². The molecule has 0 N–H and O–H groups in total. The van der Waals surface area contributed by atoms with Gasteiger partial charge in [-0.3, -0.25) is 0 Å². The predicted molar refractivity (Wildman–Crippen MR) is 117 cm³/mol. The van der Waals surface area contributed by atoms with Crippen LogP contribution in [0.2, 0.25) is 5.02 Å². The molecule has 2 aliphatic rings. The monoisotopic (exact) mass is 451 g/mol. The number of methoxy groups -OCH3 is 1. The van der Waals surface area contributed by atoms with Crippen LogP contribution in [0.4, 0.5) is 11.8 Å². The molecule has 0 unspecified atom stereocenters. The van der Waals surface area contributed by atoms with E-state index in [1.54, 1.807) is 18.3 Å². The summed E-state index contributed by atoms with van der Waals surface area (Å²) < 4.78 is 33.0. The van der Waals surface area contributed by atoms with Gasteiger partial charge in [-0.25, -0.2) is 13.4 Å². The summed E-state index contributed by atoms with van der Waals surface area (Å²) in [6.45, 7) is 3.80. The number of rotatable bonds is 5. The summed E-state index contributed by atoms with van der Waals surface area (Å²) in [5.74, 6) is 1.89. The molecule has 0 bridgehead atoms. The van der Waals surface area contributed by atoms with Gasteiger partial charge in [-0.2, -0.15) is 9.29 Å². The molecule has 0 spiro atoms. The van der Waals surface area contributed by atoms with E-state index in [0.29, 0.717) is 37.0 Å². The molecule has 162 valence electrons. The van der Waals surface area contributed by atoms with Gasteiger partial charge in [-0.05, 0) is 43.5 Å². The standard InChI is InChI=1S/C20H26ClN5O3S/c1-29-17-6-5-16(21)15-18(17)30(27,28)26-13-11-24(12-14-26)19-7-8-22-20(23-19)25-9-3-2-4-10-25/h5-8,15H,2-4,9-14H2,1H3. The first-order chi connectivity index (χ1) is 14.5. The Kier molecular flexibility index (Phi) is 6.31. The third-order valence-corrected chi connectivity index (χ3v) is 7.73. The molecule has 2 aliphatic heterocycles. The maximum absolute atomic E-state index is 13.2. The van der Waals surface area contributed by atoms with Crippen molar-refractivity contribution in [1.29, 1.82) is 0 Å². The van der Waals surface area contributed by atoms with Crippen LogP contribution >= 0.6 is 11.6 Å². The summed E-state index contributed by atoms with van der Waals surface area (Å²) in [7, 11) is -2.25. The number of aromatic nitrogens is 2. The molecule has 2 fully saturated rings. The number of hydrogen-bond acceptors (Lipinski definition) is 7. The van der Waals surface area contributed by atoms with Crippen LogP contribution in [0.1, 0.15) is 19.3 Å². The van der Waals surface area contributed by atoms with Crippen LogP contribution in [-0.4, -0.2) is 69.1 Å². The van der Waals surface area contributed by atoms with E-state index in [4.69, 9.17) is 21.3 Å². The van der Waals surface area contributed by atoms with Gasteiger partial charge < -0.3 is 14.5 Å². The molecular formula is C20H26ClN5O3S. The number of anilines is 2. The lowest BCUT2D eigenvalue weighted by Crippen LogP contribution is -2.49. The molecule has 30 heavy (non-hydrogen) atoms. The molecule has 0 amide bonds. The van der Waals surface area contributed by atoms with Crippen molar-refractivity contribution in [3.63, 3.8) is 0 Å². The van der Waals surface area contributed by atoms with Crippen molar-refractivity contribution < 1.29 is 13.2 Å². The topological polar surface area (TPSA) is 78.9 Å². The fraction of sp³-hybridized carbons (Fsp3) is 0.500. The van der Waals surface area contributed by atoms with Gasteiger partial charge in [0.25, 0.3) is 0 Å². The lowest BCUT2D eigenvalue weighted by Gasteiger charge is -2.35. The smallest absolute Gasteiger partial charge is 0.246 e. The number of benzene rings is 1. The van der Waals surface area contributed by atoms with Crippen LogP contribution in [0.25, 0.3) is 0 Å². The zero-order chi connectivity index (χ0) is 21.1. The van der Waals surface area contributed by atoms with Crippen LogP contribution in [0, 0.1) is 0 Å². The summed E-state index contributed by atoms with van der Waals surface area (Å²) >= 11 is 6.04. The Hall–Kier alpha value is -2.10. The van der Waals surface area contributed by atoms with Crippen LogP contribution in [0.3, 0.4) is 0 Å². The minimum Gasteiger partial charge on any atom is -0.495 e. The summed E-state index contributed by atoms with van der Waals surface area (Å²) in [5, 5.41) is 0.360. The molecule has 3 heterocycles. The Balaban J connectivity index is 1.47. The van der Waals surface area contributed by atoms with E-state index in [1.165, 1.54) is 23.9 Å². The molecule has 1 aromatic heterocycles. The highest BCUT2D eigenvalue weighted by Crippen LogP contribution is 2.30. The zero-order valence-corrected chi connectivity index (χ0v) is 18.6. The van der Waals surface area contributed by atoms with Gasteiger partial charge in [0.2, 0.25) is 16.0 Å². The van der Waals surface area contributed by atoms with E-state index < -0.39 is 10.0 Å². The van der Waals surface area contributed by atoms with Crippen molar-refractivity contribution in [2.24, 2.45) is 0 Å². The van der Waals surface area contributed by atoms with Gasteiger partial charge in [-0.1, -0.05) is 11.6 Å². The lowest BCUT2D eigenvalue weighted by atomic mass is 10.1. The minimum atomic E-state index is -3.70. The van der Waals surface area contributed by atoms with Crippen molar-refractivity contribution >= 4 is 33.4 Å². The van der Waals surface area contributed by atoms with Crippen molar-refractivity contribution in [3.8, 4) is 5.75 Å². The van der Waals surface area contributed by atoms with Crippen LogP contribution in [0.5, 0.6) is 5.75 Å². The SMILES string of the molecule is COc1ccc(Cl)cc1S(=O)(=O)N1CCN(c2ccnc(N3CCCCC3)n2)CC1. The Morgan fingerprint density at radius 3 is 2.40 bits per heavy atom. The van der Waals surface area contributed by atoms with Gasteiger partial charge in [0.1, 0.15) is 16.5 Å². The Morgan fingerprint density at radius 1 is 0.967 bits per heavy atom. The first-order valence-corrected chi connectivity index (χ1v) is 12.0. The first-order valence-electron chi connectivity index (χ1n) is 10.2. The highest BCUT2D eigenvalue weighted by molar-refractivity contribution is 7.89. The summed E-state index contributed by atoms with van der Waals surface area (Å²) in [4.78, 5) is 13.6. The second-order valence-corrected chi connectivity index (χ2v) is 9.79. The summed E-state index contributed by atoms with van der Waals surface area (Å²) in [6, 6.07) is 6.52. The number of piperidine rings is 1. The molecule has 10 heteroatoms. The average Bonchev–Trinajstić information content (AvgIpc) is 2.80. The number of halogens is 1. The molecule has 0 aliphatic carbocycles. The molecule has 0 atom stereocenters. The van der Waals surface area contributed by atoms with Crippen LogP contribution < -0.4 is 14.5 Å². The zero-order valence-electron chi connectivity index (χ0n) is 17.0. The van der Waals surface area contributed by atoms with E-state index in [1.807, 2.05) is 6.07 Å². The van der Waals surface area contributed by atoms with E-state index >= 15 is 0 Å². The molecule has 0 saturated carbocycles. The van der Waals surface area contributed by atoms with Gasteiger partial charge in [0, 0.05) is 50.5 Å². The van der Waals surface area contributed by atoms with Crippen LogP contribution in [-0.2, 0) is 10.0 Å². The van der Waals surface area contributed by atoms with E-state index in [9.17, 15) is 8.42 Å². The van der Waals surface area contributed by atoms with Crippen molar-refractivity contribution in [2.45, 2.75) is 24.2 Å². The lowest BCUT2D eigenvalue weighted by molar-refractivity contribution is 0.373. The number of nitrogens with zero attached hydrogens (tertiary/aromatic N) is 5. The molecular weight excluding hydrogens is 426 g/mol. The third kappa shape index (κ3) is 4.33.